The van der Waals surface area contributed by atoms with Gasteiger partial charge in [0.1, 0.15) is 16.5 Å². The lowest BCUT2D eigenvalue weighted by atomic mass is 10.2. The molecule has 25 heavy (non-hydrogen) atoms. The van der Waals surface area contributed by atoms with Crippen molar-refractivity contribution in [2.45, 2.75) is 6.42 Å². The van der Waals surface area contributed by atoms with E-state index in [9.17, 15) is 0 Å². The lowest BCUT2D eigenvalue weighted by Gasteiger charge is -2.06. The normalized spacial score (nSPS) is 11.0. The summed E-state index contributed by atoms with van der Waals surface area (Å²) in [7, 11) is 1.76. The van der Waals surface area contributed by atoms with Crippen molar-refractivity contribution in [3.8, 4) is 22.4 Å². The molecule has 0 unspecified atom stereocenters. The lowest BCUT2D eigenvalue weighted by Crippen LogP contribution is -2.25. The van der Waals surface area contributed by atoms with Gasteiger partial charge in [-0.1, -0.05) is 36.3 Å². The van der Waals surface area contributed by atoms with Crippen LogP contribution in [0.5, 0.6) is 0 Å². The molecular weight excluding hydrogens is 348 g/mol. The van der Waals surface area contributed by atoms with Gasteiger partial charge in [-0.3, -0.25) is 4.99 Å². The summed E-state index contributed by atoms with van der Waals surface area (Å²) in [5, 5.41) is 9.01. The van der Waals surface area contributed by atoms with Crippen molar-refractivity contribution < 1.29 is 0 Å². The van der Waals surface area contributed by atoms with Crippen LogP contribution in [-0.2, 0) is 0 Å². The smallest absolute Gasteiger partial charge is 0.131 e. The number of nitrogens with zero attached hydrogens (tertiary/aromatic N) is 2. The lowest BCUT2D eigenvalue weighted by molar-refractivity contribution is 0.902. The number of thiophene rings is 1. The second-order valence-electron chi connectivity index (χ2n) is 5.15. The van der Waals surface area contributed by atoms with Crippen LogP contribution >= 0.6 is 22.7 Å². The molecular formula is C19H18N4S2. The average Bonchev–Trinajstić information content (AvgIpc) is 3.28. The quantitative estimate of drug-likeness (QED) is 0.319. The Bertz CT molecular complexity index is 914. The van der Waals surface area contributed by atoms with Crippen LogP contribution in [-0.4, -0.2) is 24.4 Å². The summed E-state index contributed by atoms with van der Waals surface area (Å²) >= 11 is 3.13. The summed E-state index contributed by atoms with van der Waals surface area (Å²) in [5.41, 5.74) is 8.83. The van der Waals surface area contributed by atoms with E-state index in [2.05, 4.69) is 39.3 Å². The highest BCUT2D eigenvalue weighted by molar-refractivity contribution is 7.14. The molecule has 1 aromatic carbocycles. The average molecular weight is 367 g/mol. The molecule has 2 aromatic heterocycles. The predicted octanol–water partition coefficient (Wildman–Crippen LogP) is 3.86. The van der Waals surface area contributed by atoms with E-state index >= 15 is 0 Å². The van der Waals surface area contributed by atoms with Crippen LogP contribution in [0.3, 0.4) is 0 Å². The van der Waals surface area contributed by atoms with E-state index in [4.69, 9.17) is 5.73 Å². The van der Waals surface area contributed by atoms with Crippen LogP contribution in [0.15, 0.2) is 52.2 Å². The molecule has 3 aromatic rings. The number of amidine groups is 1. The first-order valence-electron chi connectivity index (χ1n) is 7.81. The van der Waals surface area contributed by atoms with Gasteiger partial charge >= 0.3 is 0 Å². The number of benzene rings is 1. The Morgan fingerprint density at radius 3 is 2.80 bits per heavy atom. The molecule has 0 bridgehead atoms. The fourth-order valence-corrected chi connectivity index (χ4v) is 3.65. The highest BCUT2D eigenvalue weighted by Crippen LogP contribution is 2.22. The molecule has 3 rings (SSSR count). The van der Waals surface area contributed by atoms with E-state index in [1.807, 2.05) is 35.0 Å². The summed E-state index contributed by atoms with van der Waals surface area (Å²) < 4.78 is 0. The number of thiazole rings is 1. The van der Waals surface area contributed by atoms with E-state index in [0.29, 0.717) is 13.0 Å². The highest BCUT2D eigenvalue weighted by Gasteiger charge is 2.06. The molecule has 0 atom stereocenters. The molecule has 2 heterocycles. The third-order valence-electron chi connectivity index (χ3n) is 3.46. The van der Waals surface area contributed by atoms with Crippen LogP contribution in [0.1, 0.15) is 17.7 Å². The van der Waals surface area contributed by atoms with Crippen molar-refractivity contribution in [2.75, 3.05) is 19.3 Å². The van der Waals surface area contributed by atoms with E-state index < -0.39 is 0 Å². The van der Waals surface area contributed by atoms with Crippen LogP contribution in [0.25, 0.3) is 10.6 Å². The van der Waals surface area contributed by atoms with Gasteiger partial charge in [0.15, 0.2) is 0 Å². The molecule has 6 heteroatoms. The van der Waals surface area contributed by atoms with Gasteiger partial charge in [-0.2, -0.15) is 0 Å². The van der Waals surface area contributed by atoms with Crippen LogP contribution in [0.2, 0.25) is 0 Å². The van der Waals surface area contributed by atoms with Gasteiger partial charge in [-0.05, 0) is 17.4 Å². The summed E-state index contributed by atoms with van der Waals surface area (Å²) in [4.78, 5) is 8.82. The molecule has 126 valence electrons. The fraction of sp³-hybridized carbons (Fsp3) is 0.158. The van der Waals surface area contributed by atoms with Crippen LogP contribution in [0.4, 0.5) is 5.00 Å². The number of nitrogen functional groups attached to an aromatic ring is 1. The molecule has 0 amide bonds. The van der Waals surface area contributed by atoms with E-state index in [1.165, 1.54) is 11.3 Å². The number of hydrogen-bond acceptors (Lipinski definition) is 5. The zero-order chi connectivity index (χ0) is 17.5. The SMILES string of the molecule is CN=C(NCCC#Cc1csc(-c2ccccc2)n1)c1ccsc1N. The molecule has 0 saturated heterocycles. The van der Waals surface area contributed by atoms with Crippen molar-refractivity contribution in [3.05, 3.63) is 58.4 Å². The molecule has 0 aliphatic heterocycles. The predicted molar refractivity (Wildman–Crippen MR) is 108 cm³/mol. The van der Waals surface area contributed by atoms with Gasteiger partial charge in [0.25, 0.3) is 0 Å². The van der Waals surface area contributed by atoms with Gasteiger partial charge < -0.3 is 11.1 Å². The number of nitrogens with one attached hydrogen (secondary N) is 1. The third kappa shape index (κ3) is 4.47. The van der Waals surface area contributed by atoms with Crippen LogP contribution in [0, 0.1) is 11.8 Å². The van der Waals surface area contributed by atoms with Crippen molar-refractivity contribution >= 4 is 33.5 Å². The van der Waals surface area contributed by atoms with Gasteiger partial charge in [0.2, 0.25) is 0 Å². The number of rotatable bonds is 4. The minimum atomic E-state index is 0.710. The first kappa shape index (κ1) is 17.2. The maximum absolute atomic E-state index is 5.94. The minimum Gasteiger partial charge on any atom is -0.390 e. The Morgan fingerprint density at radius 2 is 2.08 bits per heavy atom. The summed E-state index contributed by atoms with van der Waals surface area (Å²) in [6.07, 6.45) is 0.710. The summed E-state index contributed by atoms with van der Waals surface area (Å²) in [5.74, 6) is 7.08. The summed E-state index contributed by atoms with van der Waals surface area (Å²) in [6, 6.07) is 12.1. The highest BCUT2D eigenvalue weighted by atomic mass is 32.1. The second-order valence-corrected chi connectivity index (χ2v) is 6.96. The van der Waals surface area contributed by atoms with Gasteiger partial charge in [-0.15, -0.1) is 22.7 Å². The van der Waals surface area contributed by atoms with E-state index in [-0.39, 0.29) is 0 Å². The largest absolute Gasteiger partial charge is 0.390 e. The Hall–Kier alpha value is -2.62. The Kier molecular flexibility index (Phi) is 5.83. The molecule has 0 radical (unpaired) electrons. The van der Waals surface area contributed by atoms with Crippen molar-refractivity contribution in [1.82, 2.24) is 10.3 Å². The molecule has 3 N–H and O–H groups in total. The van der Waals surface area contributed by atoms with Crippen molar-refractivity contribution in [1.29, 1.82) is 0 Å². The van der Waals surface area contributed by atoms with Gasteiger partial charge in [-0.25, -0.2) is 4.98 Å². The molecule has 4 nitrogen and oxygen atoms in total. The third-order valence-corrected chi connectivity index (χ3v) is 5.10. The van der Waals surface area contributed by atoms with Crippen LogP contribution < -0.4 is 11.1 Å². The zero-order valence-corrected chi connectivity index (χ0v) is 15.5. The van der Waals surface area contributed by atoms with Crippen molar-refractivity contribution in [3.63, 3.8) is 0 Å². The summed E-state index contributed by atoms with van der Waals surface area (Å²) in [6.45, 7) is 0.713. The Balaban J connectivity index is 1.54. The first-order chi connectivity index (χ1) is 12.3. The van der Waals surface area contributed by atoms with E-state index in [0.717, 1.165) is 32.7 Å². The zero-order valence-electron chi connectivity index (χ0n) is 13.8. The molecule has 0 spiro atoms. The number of nitrogens with two attached hydrogens (primary N) is 1. The number of anilines is 1. The maximum atomic E-state index is 5.94. The standard InChI is InChI=1S/C19H18N4S2/c1-21-18(16-10-12-24-17(16)20)22-11-6-5-9-15-13-25-19(23-15)14-7-3-2-4-8-14/h2-4,7-8,10,12-13H,6,11,20H2,1H3,(H,21,22). The number of hydrogen-bond donors (Lipinski definition) is 2. The Morgan fingerprint density at radius 1 is 1.24 bits per heavy atom. The molecule has 0 aliphatic carbocycles. The van der Waals surface area contributed by atoms with Gasteiger partial charge in [0, 0.05) is 31.0 Å². The molecule has 0 saturated carbocycles. The topological polar surface area (TPSA) is 63.3 Å². The maximum Gasteiger partial charge on any atom is 0.131 e. The number of aliphatic imine (C=N–C) groups is 1. The number of aromatic nitrogens is 1. The van der Waals surface area contributed by atoms with Gasteiger partial charge in [0.05, 0.1) is 10.6 Å². The second kappa shape index (κ2) is 8.47. The van der Waals surface area contributed by atoms with E-state index in [1.54, 1.807) is 18.4 Å². The minimum absolute atomic E-state index is 0.710. The first-order valence-corrected chi connectivity index (χ1v) is 9.57. The monoisotopic (exact) mass is 366 g/mol. The van der Waals surface area contributed by atoms with Crippen molar-refractivity contribution in [2.24, 2.45) is 4.99 Å². The molecule has 0 aliphatic rings. The Labute approximate surface area is 155 Å². The molecule has 0 fully saturated rings. The fourth-order valence-electron chi connectivity index (χ4n) is 2.25.